The van der Waals surface area contributed by atoms with Crippen LogP contribution in [0, 0.1) is 0 Å². The molecule has 0 amide bonds. The first kappa shape index (κ1) is 2.16. The lowest BCUT2D eigenvalue weighted by Crippen LogP contribution is -2.15. The Bertz CT molecular complexity index is 48.9. The largest absolute Gasteiger partial charge is 0.366 e. The molecule has 0 aromatic rings. The monoisotopic (exact) mass is 80.1 g/mol. The molecule has 2 heteroatoms. The Morgan fingerprint density at radius 2 is 2.00 bits per heavy atom. The van der Waals surface area contributed by atoms with E-state index in [0.717, 1.165) is 0 Å². The van der Waals surface area contributed by atoms with E-state index in [4.69, 9.17) is 2.86 Å². The van der Waals surface area contributed by atoms with Crippen molar-refractivity contribution in [3.63, 3.8) is 0 Å². The Balaban J connectivity index is 3.36. The molecule has 5 heavy (non-hydrogen) atoms. The molecule has 0 aliphatic carbocycles. The van der Waals surface area contributed by atoms with E-state index in [9.17, 15) is 0 Å². The molecule has 0 aliphatic rings. The third-order valence-corrected chi connectivity index (χ3v) is 0. The minimum absolute atomic E-state index is 1.08. The lowest BCUT2D eigenvalue weighted by Gasteiger charge is -2.03. The van der Waals surface area contributed by atoms with Gasteiger partial charge in [-0.2, -0.15) is 0 Å². The first-order chi connectivity index (χ1) is 3.12. The van der Waals surface area contributed by atoms with Crippen LogP contribution in [0.5, 0.6) is 0 Å². The van der Waals surface area contributed by atoms with E-state index in [1.54, 1.807) is 0 Å². The summed E-state index contributed by atoms with van der Waals surface area (Å²) in [6.45, 7) is 2.96. The van der Waals surface area contributed by atoms with Gasteiger partial charge in [0.25, 0.3) is 0 Å². The highest BCUT2D eigenvalue weighted by molar-refractivity contribution is 4.37. The quantitative estimate of drug-likeness (QED) is 0.447. The standard InChI is InChI=1S/C3H8O2/c1-3(2,4)5/h4-5H,1-2H3/i4T,5T. The van der Waals surface area contributed by atoms with E-state index >= 15 is 0 Å². The summed E-state index contributed by atoms with van der Waals surface area (Å²) in [6, 6.07) is 0. The molecule has 2 N–H and O–H groups in total. The number of hydrogen-bond donors (Lipinski definition) is 2. The van der Waals surface area contributed by atoms with Gasteiger partial charge in [0.1, 0.15) is 0 Å². The van der Waals surface area contributed by atoms with Crippen molar-refractivity contribution in [2.24, 2.45) is 0 Å². The zero-order chi connectivity index (χ0) is 5.91. The van der Waals surface area contributed by atoms with Gasteiger partial charge in [0.05, 0.1) is 0 Å². The van der Waals surface area contributed by atoms with E-state index in [0.29, 0.717) is 0 Å². The van der Waals surface area contributed by atoms with Gasteiger partial charge < -0.3 is 10.2 Å². The number of hydrogen-bond acceptors (Lipinski definition) is 2. The second kappa shape index (κ2) is 0.954. The molecule has 0 aromatic heterocycles. The molecule has 32 valence electrons. The first-order valence-electron chi connectivity index (χ1n) is 2.22. The normalized spacial score (nSPS) is 17.2. The molecule has 0 aliphatic heterocycles. The van der Waals surface area contributed by atoms with Crippen LogP contribution < -0.4 is 0 Å². The predicted molar refractivity (Wildman–Crippen MR) is 18.5 cm³/mol. The fraction of sp³-hybridized carbons (Fsp3) is 1.00. The molecule has 0 spiro atoms. The smallest absolute Gasteiger partial charge is 0.214 e. The molecule has 0 bridgehead atoms. The second-order valence-electron chi connectivity index (χ2n) is 1.40. The lowest BCUT2D eigenvalue weighted by atomic mass is 10.4. The number of aliphatic hydroxyl groups is 2. The van der Waals surface area contributed by atoms with Crippen LogP contribution in [0.25, 0.3) is 0 Å². The summed E-state index contributed by atoms with van der Waals surface area (Å²) in [4.78, 5) is 0. The topological polar surface area (TPSA) is 40.5 Å². The van der Waals surface area contributed by atoms with Crippen LogP contribution in [0.4, 0.5) is 0 Å². The molecular weight excluding hydrogens is 68.0 g/mol. The highest BCUT2D eigenvalue weighted by atomic mass is 16.5. The average molecular weight is 80.1 g/mol. The second-order valence-corrected chi connectivity index (χ2v) is 1.40. The van der Waals surface area contributed by atoms with Crippen molar-refractivity contribution in [2.45, 2.75) is 19.6 Å². The SMILES string of the molecule is [3H]OC(C)(C)O[3H]. The zero-order valence-corrected chi connectivity index (χ0v) is 3.32. The first-order valence-corrected chi connectivity index (χ1v) is 1.41. The molecule has 0 heterocycles. The van der Waals surface area contributed by atoms with Crippen LogP contribution in [-0.4, -0.2) is 18.9 Å². The van der Waals surface area contributed by atoms with E-state index in [2.05, 4.69) is 10.2 Å². The van der Waals surface area contributed by atoms with Crippen molar-refractivity contribution >= 4 is 0 Å². The summed E-state index contributed by atoms with van der Waals surface area (Å²) in [5.41, 5.74) is 0. The van der Waals surface area contributed by atoms with Crippen LogP contribution in [0.15, 0.2) is 0 Å². The maximum atomic E-state index is 6.26. The zero-order valence-electron chi connectivity index (χ0n) is 5.32. The van der Waals surface area contributed by atoms with Gasteiger partial charge in [0, 0.05) is 0 Å². The molecule has 0 rings (SSSR count). The van der Waals surface area contributed by atoms with Gasteiger partial charge in [0.2, 0.25) is 2.86 Å². The summed E-state index contributed by atoms with van der Waals surface area (Å²) in [5.74, 6) is -1.08. The minimum atomic E-state index is -1.08. The molecule has 0 radical (unpaired) electrons. The van der Waals surface area contributed by atoms with E-state index in [1.807, 2.05) is 0 Å². The van der Waals surface area contributed by atoms with Crippen molar-refractivity contribution in [3.8, 4) is 0 Å². The predicted octanol–water partition coefficient (Wildman–Crippen LogP) is -0.293. The van der Waals surface area contributed by atoms with Gasteiger partial charge in [-0.3, -0.25) is 0 Å². The van der Waals surface area contributed by atoms with Crippen LogP contribution in [0.3, 0.4) is 0 Å². The van der Waals surface area contributed by atoms with E-state index in [-0.39, 0.29) is 0 Å². The summed E-state index contributed by atoms with van der Waals surface area (Å²) >= 11 is 0. The number of rotatable bonds is 2. The highest BCUT2D eigenvalue weighted by Gasteiger charge is 2.00. The fourth-order valence-corrected chi connectivity index (χ4v) is 0. The van der Waals surface area contributed by atoms with Crippen LogP contribution in [0.1, 0.15) is 13.8 Å². The Kier molecular flexibility index (Phi) is 0.411. The highest BCUT2D eigenvalue weighted by Crippen LogP contribution is 1.88. The van der Waals surface area contributed by atoms with Gasteiger partial charge in [-0.05, 0) is 13.8 Å². The molecule has 0 atom stereocenters. The molecule has 0 fully saturated rings. The maximum Gasteiger partial charge on any atom is 0.214 e. The van der Waals surface area contributed by atoms with Crippen LogP contribution in [0.2, 0.25) is 0 Å². The minimum Gasteiger partial charge on any atom is -0.366 e. The third kappa shape index (κ3) is 2260. The molecule has 0 unspecified atom stereocenters. The van der Waals surface area contributed by atoms with Gasteiger partial charge in [-0.15, -0.1) is 0 Å². The Hall–Kier alpha value is -0.0800. The summed E-state index contributed by atoms with van der Waals surface area (Å²) in [6.07, 6.45) is 0. The molecule has 0 saturated heterocycles. The van der Waals surface area contributed by atoms with E-state index < -0.39 is 5.79 Å². The van der Waals surface area contributed by atoms with Gasteiger partial charge in [0.15, 0.2) is 5.79 Å². The molecule has 0 aromatic carbocycles. The van der Waals surface area contributed by atoms with Crippen molar-refractivity contribution in [1.29, 1.82) is 2.86 Å². The van der Waals surface area contributed by atoms with Crippen molar-refractivity contribution in [2.75, 3.05) is 0 Å². The van der Waals surface area contributed by atoms with E-state index in [1.165, 1.54) is 13.8 Å². The lowest BCUT2D eigenvalue weighted by molar-refractivity contribution is -0.127. The maximum absolute atomic E-state index is 6.26. The molecular formula is C3H8O2. The third-order valence-electron chi connectivity index (χ3n) is 0. The molecule has 0 saturated carbocycles. The van der Waals surface area contributed by atoms with Gasteiger partial charge in [-0.1, -0.05) is 0 Å². The van der Waals surface area contributed by atoms with Gasteiger partial charge in [-0.25, -0.2) is 0 Å². The summed E-state index contributed by atoms with van der Waals surface area (Å²) < 4.78 is 12.5. The Morgan fingerprint density at radius 1 is 1.60 bits per heavy atom. The summed E-state index contributed by atoms with van der Waals surface area (Å²) in [5, 5.41) is 7.85. The Labute approximate surface area is 34.0 Å². The van der Waals surface area contributed by atoms with Crippen LogP contribution >= 0.6 is 0 Å². The molecule has 2 nitrogen and oxygen atoms in total. The van der Waals surface area contributed by atoms with Crippen LogP contribution in [-0.2, 0) is 0 Å². The fourth-order valence-electron chi connectivity index (χ4n) is 0. The summed E-state index contributed by atoms with van der Waals surface area (Å²) in [7, 11) is 0. The van der Waals surface area contributed by atoms with Crippen molar-refractivity contribution in [3.05, 3.63) is 0 Å². The van der Waals surface area contributed by atoms with Gasteiger partial charge >= 0.3 is 0 Å². The Morgan fingerprint density at radius 3 is 2.00 bits per heavy atom. The van der Waals surface area contributed by atoms with Crippen molar-refractivity contribution in [1.82, 2.24) is 0 Å². The van der Waals surface area contributed by atoms with Crippen molar-refractivity contribution < 1.29 is 10.2 Å². The average Bonchev–Trinajstić information content (AvgIpc) is 1.68.